The van der Waals surface area contributed by atoms with E-state index in [1.807, 2.05) is 0 Å². The van der Waals surface area contributed by atoms with Crippen molar-refractivity contribution in [2.24, 2.45) is 5.92 Å². The zero-order chi connectivity index (χ0) is 14.5. The second kappa shape index (κ2) is 6.91. The monoisotopic (exact) mass is 291 g/mol. The van der Waals surface area contributed by atoms with E-state index in [9.17, 15) is 0 Å². The summed E-state index contributed by atoms with van der Waals surface area (Å²) < 4.78 is 5.75. The second-order valence-corrected chi connectivity index (χ2v) is 5.97. The highest BCUT2D eigenvalue weighted by atomic mass is 16.5. The van der Waals surface area contributed by atoms with Crippen LogP contribution in [-0.2, 0) is 0 Å². The third-order valence-corrected chi connectivity index (χ3v) is 3.92. The Morgan fingerprint density at radius 1 is 1.14 bits per heavy atom. The van der Waals surface area contributed by atoms with E-state index in [1.54, 1.807) is 0 Å². The standard InChI is InChI=1S/C15H25N5O/c1-2-8-16-13-17-14(20-9-4-3-5-10-20)19-15(18-13)21-11-12-6-7-12/h12H,2-11H2,1H3,(H,16,17,18,19). The van der Waals surface area contributed by atoms with Gasteiger partial charge in [0, 0.05) is 19.6 Å². The summed E-state index contributed by atoms with van der Waals surface area (Å²) in [6.07, 6.45) is 7.30. The number of anilines is 2. The van der Waals surface area contributed by atoms with Crippen molar-refractivity contribution >= 4 is 11.9 Å². The number of nitrogens with one attached hydrogen (secondary N) is 1. The predicted octanol–water partition coefficient (Wildman–Crippen LogP) is 2.47. The molecule has 0 amide bonds. The zero-order valence-electron chi connectivity index (χ0n) is 12.8. The topological polar surface area (TPSA) is 63.2 Å². The first-order valence-electron chi connectivity index (χ1n) is 8.23. The number of aromatic nitrogens is 3. The Bertz CT molecular complexity index is 457. The largest absolute Gasteiger partial charge is 0.463 e. The summed E-state index contributed by atoms with van der Waals surface area (Å²) in [5.41, 5.74) is 0. The predicted molar refractivity (Wildman–Crippen MR) is 82.9 cm³/mol. The van der Waals surface area contributed by atoms with Crippen LogP contribution in [-0.4, -0.2) is 41.2 Å². The highest BCUT2D eigenvalue weighted by molar-refractivity contribution is 5.38. The van der Waals surface area contributed by atoms with E-state index in [-0.39, 0.29) is 0 Å². The molecule has 6 nitrogen and oxygen atoms in total. The Kier molecular flexibility index (Phi) is 4.72. The summed E-state index contributed by atoms with van der Waals surface area (Å²) in [5.74, 6) is 2.10. The summed E-state index contributed by atoms with van der Waals surface area (Å²) >= 11 is 0. The van der Waals surface area contributed by atoms with Crippen molar-refractivity contribution < 1.29 is 4.74 Å². The molecule has 116 valence electrons. The van der Waals surface area contributed by atoms with Crippen LogP contribution >= 0.6 is 0 Å². The van der Waals surface area contributed by atoms with Crippen LogP contribution in [0.25, 0.3) is 0 Å². The van der Waals surface area contributed by atoms with Gasteiger partial charge in [-0.3, -0.25) is 0 Å². The van der Waals surface area contributed by atoms with E-state index in [4.69, 9.17) is 4.74 Å². The van der Waals surface area contributed by atoms with Gasteiger partial charge in [0.1, 0.15) is 0 Å². The third kappa shape index (κ3) is 4.19. The number of hydrogen-bond acceptors (Lipinski definition) is 6. The fraction of sp³-hybridized carbons (Fsp3) is 0.800. The first-order valence-corrected chi connectivity index (χ1v) is 8.23. The highest BCUT2D eigenvalue weighted by Gasteiger charge is 2.23. The lowest BCUT2D eigenvalue weighted by Gasteiger charge is -2.26. The van der Waals surface area contributed by atoms with Gasteiger partial charge in [-0.1, -0.05) is 6.92 Å². The van der Waals surface area contributed by atoms with Gasteiger partial charge in [0.15, 0.2) is 0 Å². The minimum atomic E-state index is 0.469. The molecule has 0 unspecified atom stereocenters. The Morgan fingerprint density at radius 2 is 1.95 bits per heavy atom. The Balaban J connectivity index is 1.73. The average Bonchev–Trinajstić information content (AvgIpc) is 3.36. The molecular weight excluding hydrogens is 266 g/mol. The molecule has 2 fully saturated rings. The summed E-state index contributed by atoms with van der Waals surface area (Å²) in [4.78, 5) is 15.7. The molecular formula is C15H25N5O. The van der Waals surface area contributed by atoms with Gasteiger partial charge in [-0.15, -0.1) is 0 Å². The molecule has 0 spiro atoms. The van der Waals surface area contributed by atoms with Gasteiger partial charge in [-0.25, -0.2) is 0 Å². The molecule has 0 radical (unpaired) electrons. The molecule has 0 bridgehead atoms. The summed E-state index contributed by atoms with van der Waals surface area (Å²) in [7, 11) is 0. The van der Waals surface area contributed by atoms with Gasteiger partial charge in [0.05, 0.1) is 6.61 Å². The summed E-state index contributed by atoms with van der Waals surface area (Å²) in [6, 6.07) is 0.469. The van der Waals surface area contributed by atoms with Crippen molar-refractivity contribution in [3.8, 4) is 6.01 Å². The molecule has 3 rings (SSSR count). The smallest absolute Gasteiger partial charge is 0.323 e. The van der Waals surface area contributed by atoms with Crippen LogP contribution in [0.4, 0.5) is 11.9 Å². The SMILES string of the molecule is CCCNc1nc(OCC2CC2)nc(N2CCCCC2)n1. The minimum absolute atomic E-state index is 0.469. The van der Waals surface area contributed by atoms with Crippen LogP contribution in [0.15, 0.2) is 0 Å². The maximum Gasteiger partial charge on any atom is 0.323 e. The van der Waals surface area contributed by atoms with Gasteiger partial charge in [0.25, 0.3) is 0 Å². The van der Waals surface area contributed by atoms with Crippen LogP contribution in [0, 0.1) is 5.92 Å². The van der Waals surface area contributed by atoms with Crippen LogP contribution in [0.5, 0.6) is 6.01 Å². The number of nitrogens with zero attached hydrogens (tertiary/aromatic N) is 4. The van der Waals surface area contributed by atoms with Crippen molar-refractivity contribution in [1.82, 2.24) is 15.0 Å². The van der Waals surface area contributed by atoms with Crippen LogP contribution < -0.4 is 15.0 Å². The quantitative estimate of drug-likeness (QED) is 0.832. The lowest BCUT2D eigenvalue weighted by atomic mass is 10.1. The lowest BCUT2D eigenvalue weighted by molar-refractivity contribution is 0.276. The van der Waals surface area contributed by atoms with Gasteiger partial charge in [-0.2, -0.15) is 15.0 Å². The van der Waals surface area contributed by atoms with Crippen LogP contribution in [0.3, 0.4) is 0 Å². The van der Waals surface area contributed by atoms with Crippen molar-refractivity contribution in [3.05, 3.63) is 0 Å². The molecule has 0 atom stereocenters. The second-order valence-electron chi connectivity index (χ2n) is 5.97. The first kappa shape index (κ1) is 14.4. The van der Waals surface area contributed by atoms with Crippen molar-refractivity contribution in [2.45, 2.75) is 45.4 Å². The third-order valence-electron chi connectivity index (χ3n) is 3.92. The van der Waals surface area contributed by atoms with Crippen molar-refractivity contribution in [3.63, 3.8) is 0 Å². The summed E-state index contributed by atoms with van der Waals surface area (Å²) in [6.45, 7) is 5.78. The highest BCUT2D eigenvalue weighted by Crippen LogP contribution is 2.29. The maximum atomic E-state index is 5.75. The molecule has 1 N–H and O–H groups in total. The molecule has 0 aromatic carbocycles. The molecule has 2 aliphatic rings. The molecule has 1 aliphatic carbocycles. The lowest BCUT2D eigenvalue weighted by Crippen LogP contribution is -2.31. The van der Waals surface area contributed by atoms with E-state index in [0.29, 0.717) is 17.9 Å². The molecule has 1 aromatic heterocycles. The Labute approximate surface area is 126 Å². The molecule has 1 aromatic rings. The molecule has 21 heavy (non-hydrogen) atoms. The number of hydrogen-bond donors (Lipinski definition) is 1. The zero-order valence-corrected chi connectivity index (χ0v) is 12.8. The van der Waals surface area contributed by atoms with Gasteiger partial charge < -0.3 is 15.0 Å². The molecule has 1 saturated heterocycles. The number of ether oxygens (including phenoxy) is 1. The Morgan fingerprint density at radius 3 is 2.67 bits per heavy atom. The van der Waals surface area contributed by atoms with E-state index in [2.05, 4.69) is 32.1 Å². The number of piperidine rings is 1. The normalized spacial score (nSPS) is 18.6. The van der Waals surface area contributed by atoms with Crippen LogP contribution in [0.1, 0.15) is 45.4 Å². The summed E-state index contributed by atoms with van der Waals surface area (Å²) in [5, 5.41) is 3.25. The van der Waals surface area contributed by atoms with Crippen molar-refractivity contribution in [1.29, 1.82) is 0 Å². The fourth-order valence-corrected chi connectivity index (χ4v) is 2.44. The Hall–Kier alpha value is -1.59. The molecule has 2 heterocycles. The fourth-order valence-electron chi connectivity index (χ4n) is 2.44. The van der Waals surface area contributed by atoms with E-state index >= 15 is 0 Å². The first-order chi connectivity index (χ1) is 10.3. The minimum Gasteiger partial charge on any atom is -0.463 e. The van der Waals surface area contributed by atoms with E-state index in [1.165, 1.54) is 32.1 Å². The van der Waals surface area contributed by atoms with Crippen LogP contribution in [0.2, 0.25) is 0 Å². The maximum absolute atomic E-state index is 5.75. The van der Waals surface area contributed by atoms with E-state index in [0.717, 1.165) is 38.6 Å². The van der Waals surface area contributed by atoms with Gasteiger partial charge in [-0.05, 0) is 44.4 Å². The molecule has 6 heteroatoms. The van der Waals surface area contributed by atoms with Gasteiger partial charge >= 0.3 is 6.01 Å². The van der Waals surface area contributed by atoms with E-state index < -0.39 is 0 Å². The average molecular weight is 291 g/mol. The molecule has 1 aliphatic heterocycles. The van der Waals surface area contributed by atoms with Gasteiger partial charge in [0.2, 0.25) is 11.9 Å². The molecule has 1 saturated carbocycles. The van der Waals surface area contributed by atoms with Crippen molar-refractivity contribution in [2.75, 3.05) is 36.5 Å². The number of rotatable bonds is 7.